The van der Waals surface area contributed by atoms with Crippen LogP contribution < -0.4 is 4.74 Å². The van der Waals surface area contributed by atoms with Gasteiger partial charge >= 0.3 is 5.97 Å². The third kappa shape index (κ3) is 6.64. The molecular formula is C20H30O3. The molecule has 3 heteroatoms. The Balaban J connectivity index is 1.61. The van der Waals surface area contributed by atoms with Crippen molar-refractivity contribution in [3.05, 3.63) is 29.8 Å². The lowest BCUT2D eigenvalue weighted by Gasteiger charge is -2.19. The fourth-order valence-corrected chi connectivity index (χ4v) is 3.09. The number of esters is 1. The van der Waals surface area contributed by atoms with Crippen LogP contribution in [0.25, 0.3) is 0 Å². The van der Waals surface area contributed by atoms with E-state index < -0.39 is 0 Å². The molecule has 0 saturated heterocycles. The summed E-state index contributed by atoms with van der Waals surface area (Å²) in [7, 11) is 0. The lowest BCUT2D eigenvalue weighted by molar-refractivity contribution is -0.150. The predicted octanol–water partition coefficient (Wildman–Crippen LogP) is 4.92. The van der Waals surface area contributed by atoms with Crippen LogP contribution in [-0.4, -0.2) is 19.2 Å². The highest BCUT2D eigenvalue weighted by atomic mass is 16.6. The Hall–Kier alpha value is -1.51. The minimum Gasteiger partial charge on any atom is -0.490 e. The van der Waals surface area contributed by atoms with Gasteiger partial charge in [-0.3, -0.25) is 4.79 Å². The summed E-state index contributed by atoms with van der Waals surface area (Å²) >= 11 is 0. The normalized spacial score (nSPS) is 15.3. The topological polar surface area (TPSA) is 35.5 Å². The molecule has 1 fully saturated rings. The van der Waals surface area contributed by atoms with Crippen LogP contribution in [0, 0.1) is 5.92 Å². The van der Waals surface area contributed by atoms with Crippen molar-refractivity contribution >= 4 is 5.97 Å². The van der Waals surface area contributed by atoms with E-state index in [9.17, 15) is 4.79 Å². The van der Waals surface area contributed by atoms with Crippen LogP contribution in [0.5, 0.6) is 5.75 Å². The van der Waals surface area contributed by atoms with Crippen molar-refractivity contribution in [1.29, 1.82) is 0 Å². The van der Waals surface area contributed by atoms with Crippen molar-refractivity contribution in [3.8, 4) is 5.75 Å². The van der Waals surface area contributed by atoms with Crippen molar-refractivity contribution in [2.75, 3.05) is 13.2 Å². The number of benzene rings is 1. The fraction of sp³-hybridized carbons (Fsp3) is 0.650. The van der Waals surface area contributed by atoms with E-state index in [1.54, 1.807) is 0 Å². The third-order valence-corrected chi connectivity index (χ3v) is 4.53. The number of hydrogen-bond donors (Lipinski definition) is 0. The molecular weight excluding hydrogens is 288 g/mol. The average molecular weight is 318 g/mol. The summed E-state index contributed by atoms with van der Waals surface area (Å²) in [6, 6.07) is 8.26. The Bertz CT molecular complexity index is 446. The van der Waals surface area contributed by atoms with Crippen molar-refractivity contribution in [3.63, 3.8) is 0 Å². The summed E-state index contributed by atoms with van der Waals surface area (Å²) in [6.45, 7) is 2.99. The van der Waals surface area contributed by atoms with Gasteiger partial charge < -0.3 is 9.47 Å². The minimum absolute atomic E-state index is 0.0421. The Labute approximate surface area is 140 Å². The molecule has 0 N–H and O–H groups in total. The molecule has 1 aliphatic carbocycles. The van der Waals surface area contributed by atoms with Crippen molar-refractivity contribution < 1.29 is 14.3 Å². The van der Waals surface area contributed by atoms with Crippen LogP contribution in [0.3, 0.4) is 0 Å². The van der Waals surface area contributed by atoms with Gasteiger partial charge in [0.1, 0.15) is 19.0 Å². The van der Waals surface area contributed by atoms with Gasteiger partial charge in [-0.1, -0.05) is 51.2 Å². The van der Waals surface area contributed by atoms with Crippen molar-refractivity contribution in [2.24, 2.45) is 5.92 Å². The SMILES string of the molecule is CCCCCc1ccc(OCCOC(=O)C2CCCCC2)cc1. The molecule has 1 aromatic rings. The van der Waals surface area contributed by atoms with E-state index in [4.69, 9.17) is 9.47 Å². The predicted molar refractivity (Wildman–Crippen MR) is 92.7 cm³/mol. The number of rotatable bonds is 9. The largest absolute Gasteiger partial charge is 0.490 e. The third-order valence-electron chi connectivity index (χ3n) is 4.53. The van der Waals surface area contributed by atoms with E-state index in [0.29, 0.717) is 13.2 Å². The first kappa shape index (κ1) is 17.8. The van der Waals surface area contributed by atoms with Gasteiger partial charge in [0.15, 0.2) is 0 Å². The zero-order valence-electron chi connectivity index (χ0n) is 14.4. The Kier molecular flexibility index (Phi) is 7.99. The van der Waals surface area contributed by atoms with Crippen molar-refractivity contribution in [1.82, 2.24) is 0 Å². The molecule has 0 atom stereocenters. The molecule has 0 spiro atoms. The molecule has 0 radical (unpaired) electrons. The average Bonchev–Trinajstić information content (AvgIpc) is 2.61. The van der Waals surface area contributed by atoms with Crippen LogP contribution >= 0.6 is 0 Å². The van der Waals surface area contributed by atoms with E-state index >= 15 is 0 Å². The number of hydrogen-bond acceptors (Lipinski definition) is 3. The van der Waals surface area contributed by atoms with Crippen molar-refractivity contribution in [2.45, 2.75) is 64.7 Å². The molecule has 1 saturated carbocycles. The number of ether oxygens (including phenoxy) is 2. The van der Waals surface area contributed by atoms with E-state index in [2.05, 4.69) is 19.1 Å². The van der Waals surface area contributed by atoms with Gasteiger partial charge in [-0.25, -0.2) is 0 Å². The highest BCUT2D eigenvalue weighted by Crippen LogP contribution is 2.24. The first-order valence-electron chi connectivity index (χ1n) is 9.18. The number of aryl methyl sites for hydroxylation is 1. The summed E-state index contributed by atoms with van der Waals surface area (Å²) in [5.74, 6) is 0.920. The van der Waals surface area contributed by atoms with Crippen LogP contribution in [0.2, 0.25) is 0 Å². The van der Waals surface area contributed by atoms with Gasteiger partial charge in [-0.2, -0.15) is 0 Å². The van der Waals surface area contributed by atoms with E-state index in [-0.39, 0.29) is 11.9 Å². The molecule has 0 bridgehead atoms. The second-order valence-electron chi connectivity index (χ2n) is 6.45. The maximum atomic E-state index is 11.9. The van der Waals surface area contributed by atoms with Crippen LogP contribution in [0.15, 0.2) is 24.3 Å². The first-order valence-corrected chi connectivity index (χ1v) is 9.18. The zero-order valence-corrected chi connectivity index (χ0v) is 14.4. The van der Waals surface area contributed by atoms with Gasteiger partial charge in [0.25, 0.3) is 0 Å². The Morgan fingerprint density at radius 3 is 2.48 bits per heavy atom. The number of carbonyl (C=O) groups is 1. The Morgan fingerprint density at radius 2 is 1.78 bits per heavy atom. The molecule has 0 aliphatic heterocycles. The number of unbranched alkanes of at least 4 members (excludes halogenated alkanes) is 2. The molecule has 0 unspecified atom stereocenters. The second kappa shape index (κ2) is 10.3. The molecule has 3 nitrogen and oxygen atoms in total. The van der Waals surface area contributed by atoms with E-state index in [1.165, 1.54) is 31.2 Å². The van der Waals surface area contributed by atoms with Crippen LogP contribution in [0.1, 0.15) is 63.9 Å². The molecule has 2 rings (SSSR count). The molecule has 1 aliphatic rings. The lowest BCUT2D eigenvalue weighted by Crippen LogP contribution is -2.22. The lowest BCUT2D eigenvalue weighted by atomic mass is 9.89. The molecule has 0 aromatic heterocycles. The maximum Gasteiger partial charge on any atom is 0.309 e. The summed E-state index contributed by atoms with van der Waals surface area (Å²) in [4.78, 5) is 11.9. The monoisotopic (exact) mass is 318 g/mol. The van der Waals surface area contributed by atoms with Gasteiger partial charge in [-0.05, 0) is 43.4 Å². The minimum atomic E-state index is -0.0421. The van der Waals surface area contributed by atoms with Gasteiger partial charge in [0.2, 0.25) is 0 Å². The first-order chi connectivity index (χ1) is 11.3. The summed E-state index contributed by atoms with van der Waals surface area (Å²) < 4.78 is 11.0. The van der Waals surface area contributed by atoms with Gasteiger partial charge in [-0.15, -0.1) is 0 Å². The van der Waals surface area contributed by atoms with Crippen LogP contribution in [-0.2, 0) is 16.0 Å². The molecule has 0 heterocycles. The summed E-state index contributed by atoms with van der Waals surface area (Å²) in [6.07, 6.45) is 10.4. The quantitative estimate of drug-likeness (QED) is 0.479. The van der Waals surface area contributed by atoms with E-state index in [1.807, 2.05) is 12.1 Å². The van der Waals surface area contributed by atoms with Crippen LogP contribution in [0.4, 0.5) is 0 Å². The molecule has 128 valence electrons. The van der Waals surface area contributed by atoms with Gasteiger partial charge in [0, 0.05) is 0 Å². The summed E-state index contributed by atoms with van der Waals surface area (Å²) in [5.41, 5.74) is 1.36. The molecule has 1 aromatic carbocycles. The highest BCUT2D eigenvalue weighted by molar-refractivity contribution is 5.72. The zero-order chi connectivity index (χ0) is 16.3. The standard InChI is InChI=1S/C20H30O3/c1-2-3-5-8-17-11-13-19(14-12-17)22-15-16-23-20(21)18-9-6-4-7-10-18/h11-14,18H,2-10,15-16H2,1H3. The highest BCUT2D eigenvalue weighted by Gasteiger charge is 2.22. The maximum absolute atomic E-state index is 11.9. The second-order valence-corrected chi connectivity index (χ2v) is 6.45. The van der Waals surface area contributed by atoms with E-state index in [0.717, 1.165) is 37.9 Å². The molecule has 23 heavy (non-hydrogen) atoms. The molecule has 0 amide bonds. The fourth-order valence-electron chi connectivity index (χ4n) is 3.09. The summed E-state index contributed by atoms with van der Waals surface area (Å²) in [5, 5.41) is 0. The smallest absolute Gasteiger partial charge is 0.309 e. The van der Waals surface area contributed by atoms with Gasteiger partial charge in [0.05, 0.1) is 5.92 Å². The number of carbonyl (C=O) groups excluding carboxylic acids is 1. The Morgan fingerprint density at radius 1 is 1.04 bits per heavy atom.